The number of likely N-dealkylation sites (N-methyl/N-ethyl adjacent to an activating group) is 1. The number of para-hydroxylation sites is 1. The summed E-state index contributed by atoms with van der Waals surface area (Å²) in [4.78, 5) is 20.0. The monoisotopic (exact) mass is 256 g/mol. The molecule has 1 aliphatic rings. The maximum atomic E-state index is 12.6. The van der Waals surface area contributed by atoms with Gasteiger partial charge in [-0.25, -0.2) is 0 Å². The third-order valence-electron chi connectivity index (χ3n) is 3.85. The average molecular weight is 256 g/mol. The molecule has 0 unspecified atom stereocenters. The van der Waals surface area contributed by atoms with Gasteiger partial charge in [0, 0.05) is 43.8 Å². The minimum absolute atomic E-state index is 0.122. The summed E-state index contributed by atoms with van der Waals surface area (Å²) in [6.45, 7) is 6.78. The Balaban J connectivity index is 1.82. The minimum atomic E-state index is 0.122. The van der Waals surface area contributed by atoms with E-state index in [2.05, 4.69) is 22.9 Å². The van der Waals surface area contributed by atoms with E-state index in [-0.39, 0.29) is 5.91 Å². The van der Waals surface area contributed by atoms with Crippen LogP contribution in [0.4, 0.5) is 0 Å². The van der Waals surface area contributed by atoms with Gasteiger partial charge in [0.1, 0.15) is 0 Å². The molecule has 0 aliphatic carbocycles. The average Bonchev–Trinajstić information content (AvgIpc) is 2.95. The lowest BCUT2D eigenvalue weighted by Gasteiger charge is -2.34. The number of H-pyrrole nitrogens is 1. The van der Waals surface area contributed by atoms with Crippen molar-refractivity contribution in [3.05, 3.63) is 36.0 Å². The van der Waals surface area contributed by atoms with Crippen molar-refractivity contribution >= 4 is 16.8 Å². The number of carbonyl (C=O) groups excluding carboxylic acids is 1. The van der Waals surface area contributed by atoms with Crippen LogP contribution in [0.2, 0.25) is 0 Å². The molecule has 1 aromatic heterocycles. The van der Waals surface area contributed by atoms with E-state index in [0.717, 1.165) is 49.2 Å². The van der Waals surface area contributed by atoms with Gasteiger partial charge in [0.25, 0.3) is 5.91 Å². The fraction of sp³-hybridized carbons (Fsp3) is 0.400. The van der Waals surface area contributed by atoms with Gasteiger partial charge in [0.15, 0.2) is 0 Å². The van der Waals surface area contributed by atoms with Crippen LogP contribution in [0.3, 0.4) is 0 Å². The van der Waals surface area contributed by atoms with E-state index in [1.165, 1.54) is 0 Å². The maximum Gasteiger partial charge on any atom is 0.256 e. The first kappa shape index (κ1) is 12.2. The summed E-state index contributed by atoms with van der Waals surface area (Å²) in [6.07, 6.45) is 1.76. The quantitative estimate of drug-likeness (QED) is 0.889. The molecular formula is C15H18N3O. The van der Waals surface area contributed by atoms with Crippen LogP contribution in [0.15, 0.2) is 24.4 Å². The molecule has 1 aromatic carbocycles. The molecule has 1 saturated heterocycles. The number of hydrogen-bond donors (Lipinski definition) is 1. The van der Waals surface area contributed by atoms with Crippen molar-refractivity contribution in [3.63, 3.8) is 0 Å². The number of rotatable bonds is 2. The molecule has 0 saturated carbocycles. The van der Waals surface area contributed by atoms with Gasteiger partial charge >= 0.3 is 0 Å². The summed E-state index contributed by atoms with van der Waals surface area (Å²) < 4.78 is 0. The number of benzene rings is 1. The molecule has 1 radical (unpaired) electrons. The normalized spacial score (nSPS) is 17.0. The predicted octanol–water partition coefficient (Wildman–Crippen LogP) is 1.75. The first-order valence-electron chi connectivity index (χ1n) is 6.79. The van der Waals surface area contributed by atoms with Gasteiger partial charge in [0.05, 0.1) is 11.1 Å². The fourth-order valence-electron chi connectivity index (χ4n) is 2.63. The zero-order valence-electron chi connectivity index (χ0n) is 11.1. The van der Waals surface area contributed by atoms with E-state index in [0.29, 0.717) is 0 Å². The van der Waals surface area contributed by atoms with Crippen molar-refractivity contribution in [3.8, 4) is 0 Å². The molecule has 2 aromatic rings. The van der Waals surface area contributed by atoms with Gasteiger partial charge in [0.2, 0.25) is 0 Å². The van der Waals surface area contributed by atoms with Crippen LogP contribution in [-0.2, 0) is 0 Å². The van der Waals surface area contributed by atoms with Crippen LogP contribution >= 0.6 is 0 Å². The molecular weight excluding hydrogens is 238 g/mol. The van der Waals surface area contributed by atoms with E-state index >= 15 is 0 Å². The van der Waals surface area contributed by atoms with E-state index in [4.69, 9.17) is 0 Å². The van der Waals surface area contributed by atoms with E-state index in [9.17, 15) is 4.79 Å². The highest BCUT2D eigenvalue weighted by Crippen LogP contribution is 2.18. The summed E-state index contributed by atoms with van der Waals surface area (Å²) in [5.74, 6) is 0.122. The minimum Gasteiger partial charge on any atom is -0.360 e. The molecule has 0 atom stereocenters. The number of fused-ring (bicyclic) bond motifs is 1. The molecule has 0 bridgehead atoms. The largest absolute Gasteiger partial charge is 0.360 e. The lowest BCUT2D eigenvalue weighted by Crippen LogP contribution is -2.48. The zero-order valence-corrected chi connectivity index (χ0v) is 11.1. The number of carbonyl (C=O) groups is 1. The summed E-state index contributed by atoms with van der Waals surface area (Å²) >= 11 is 0. The second-order valence-electron chi connectivity index (χ2n) is 4.89. The topological polar surface area (TPSA) is 39.3 Å². The zero-order chi connectivity index (χ0) is 13.2. The van der Waals surface area contributed by atoms with E-state index in [1.54, 1.807) is 6.20 Å². The van der Waals surface area contributed by atoms with Crippen molar-refractivity contribution in [2.24, 2.45) is 0 Å². The van der Waals surface area contributed by atoms with Gasteiger partial charge in [-0.05, 0) is 12.6 Å². The number of aromatic nitrogens is 1. The number of nitrogens with one attached hydrogen (secondary N) is 1. The maximum absolute atomic E-state index is 12.6. The highest BCUT2D eigenvalue weighted by molar-refractivity contribution is 6.05. The Hall–Kier alpha value is -1.81. The summed E-state index contributed by atoms with van der Waals surface area (Å²) in [7, 11) is 0. The number of amides is 1. The number of aromatic amines is 1. The van der Waals surface area contributed by atoms with Crippen molar-refractivity contribution in [2.45, 2.75) is 6.92 Å². The molecule has 3 rings (SSSR count). The molecule has 1 fully saturated rings. The smallest absolute Gasteiger partial charge is 0.256 e. The Labute approximate surface area is 113 Å². The number of nitrogens with zero attached hydrogens (tertiary/aromatic N) is 2. The molecule has 1 aliphatic heterocycles. The van der Waals surface area contributed by atoms with Crippen molar-refractivity contribution in [1.82, 2.24) is 14.8 Å². The van der Waals surface area contributed by atoms with Crippen molar-refractivity contribution in [1.29, 1.82) is 0 Å². The van der Waals surface area contributed by atoms with Crippen LogP contribution in [0, 0.1) is 6.07 Å². The van der Waals surface area contributed by atoms with Crippen LogP contribution in [0.5, 0.6) is 0 Å². The number of piperazine rings is 1. The molecule has 99 valence electrons. The molecule has 19 heavy (non-hydrogen) atoms. The van der Waals surface area contributed by atoms with Gasteiger partial charge in [-0.15, -0.1) is 0 Å². The molecule has 4 nitrogen and oxygen atoms in total. The molecule has 4 heteroatoms. The van der Waals surface area contributed by atoms with Crippen LogP contribution < -0.4 is 0 Å². The summed E-state index contributed by atoms with van der Waals surface area (Å²) in [6, 6.07) is 8.88. The highest BCUT2D eigenvalue weighted by atomic mass is 16.2. The van der Waals surface area contributed by atoms with Gasteiger partial charge in [-0.3, -0.25) is 4.79 Å². The van der Waals surface area contributed by atoms with Crippen LogP contribution in [-0.4, -0.2) is 53.4 Å². The molecule has 2 heterocycles. The second-order valence-corrected chi connectivity index (χ2v) is 4.89. The SMILES string of the molecule is CCN1CCN(C(=O)c2cccc3[c]c[nH]c23)CC1. The lowest BCUT2D eigenvalue weighted by atomic mass is 10.1. The highest BCUT2D eigenvalue weighted by Gasteiger charge is 2.22. The van der Waals surface area contributed by atoms with Crippen LogP contribution in [0.25, 0.3) is 10.9 Å². The first-order chi connectivity index (χ1) is 9.29. The van der Waals surface area contributed by atoms with Gasteiger partial charge in [-0.2, -0.15) is 0 Å². The number of hydrogen-bond acceptors (Lipinski definition) is 2. The second kappa shape index (κ2) is 5.05. The lowest BCUT2D eigenvalue weighted by molar-refractivity contribution is 0.0645. The van der Waals surface area contributed by atoms with Gasteiger partial charge < -0.3 is 14.8 Å². The first-order valence-corrected chi connectivity index (χ1v) is 6.79. The third kappa shape index (κ3) is 2.24. The van der Waals surface area contributed by atoms with Crippen molar-refractivity contribution in [2.75, 3.05) is 32.7 Å². The third-order valence-corrected chi connectivity index (χ3v) is 3.85. The Morgan fingerprint density at radius 1 is 1.32 bits per heavy atom. The molecule has 1 amide bonds. The Kier molecular flexibility index (Phi) is 3.25. The molecule has 1 N–H and O–H groups in total. The Morgan fingerprint density at radius 2 is 2.11 bits per heavy atom. The van der Waals surface area contributed by atoms with Crippen LogP contribution in [0.1, 0.15) is 17.3 Å². The van der Waals surface area contributed by atoms with Crippen molar-refractivity contribution < 1.29 is 4.79 Å². The predicted molar refractivity (Wildman–Crippen MR) is 75.2 cm³/mol. The Bertz CT molecular complexity index is 582. The molecule has 0 spiro atoms. The summed E-state index contributed by atoms with van der Waals surface area (Å²) in [5.41, 5.74) is 1.65. The fourth-order valence-corrected chi connectivity index (χ4v) is 2.63. The standard InChI is InChI=1S/C15H18N3O/c1-2-17-8-10-18(11-9-17)15(19)13-5-3-4-12-6-7-16-14(12)13/h3-5,7,16H,2,8-11H2,1H3. The van der Waals surface area contributed by atoms with E-state index in [1.807, 2.05) is 23.1 Å². The Morgan fingerprint density at radius 3 is 2.84 bits per heavy atom. The van der Waals surface area contributed by atoms with E-state index < -0.39 is 0 Å². The summed E-state index contributed by atoms with van der Waals surface area (Å²) in [5, 5.41) is 0.970. The van der Waals surface area contributed by atoms with Gasteiger partial charge in [-0.1, -0.05) is 19.1 Å².